The van der Waals surface area contributed by atoms with Crippen molar-refractivity contribution in [3.05, 3.63) is 71.5 Å². The fourth-order valence-electron chi connectivity index (χ4n) is 6.17. The molecule has 7 heteroatoms. The number of benzene rings is 3. The molecule has 2 N–H and O–H groups in total. The van der Waals surface area contributed by atoms with Gasteiger partial charge < -0.3 is 20.3 Å². The first kappa shape index (κ1) is 23.5. The molecule has 2 atom stereocenters. The SMILES string of the molecule is CN1CCOc2cc(-c3ccc(C(=O)N4C5CCC4CC(N)C5)cc3-c3ccc(C#N)c(F)c3)ccc21. The van der Waals surface area contributed by atoms with Crippen LogP contribution in [0.25, 0.3) is 22.3 Å². The molecule has 6 nitrogen and oxygen atoms in total. The van der Waals surface area contributed by atoms with Crippen LogP contribution in [-0.2, 0) is 0 Å². The molecule has 0 spiro atoms. The van der Waals surface area contributed by atoms with Crippen LogP contribution >= 0.6 is 0 Å². The third kappa shape index (κ3) is 4.11. The Morgan fingerprint density at radius 2 is 1.76 bits per heavy atom. The van der Waals surface area contributed by atoms with Crippen LogP contribution in [0, 0.1) is 17.1 Å². The standard InChI is InChI=1S/C30H29FN4O2/c1-34-10-11-37-29-14-19(5-9-28(29)34)25-8-4-20(12-26(25)18-2-3-21(17-32)27(31)13-18)30(36)35-23-6-7-24(35)16-22(33)15-23/h2-5,8-9,12-14,22-24H,6-7,10-11,15-16,33H2,1H3. The monoisotopic (exact) mass is 496 g/mol. The molecule has 3 aliphatic heterocycles. The lowest BCUT2D eigenvalue weighted by Gasteiger charge is -2.38. The lowest BCUT2D eigenvalue weighted by atomic mass is 9.91. The summed E-state index contributed by atoms with van der Waals surface area (Å²) in [4.78, 5) is 17.9. The Bertz CT molecular complexity index is 1420. The van der Waals surface area contributed by atoms with Gasteiger partial charge in [-0.05, 0) is 84.3 Å². The van der Waals surface area contributed by atoms with Crippen LogP contribution in [0.15, 0.2) is 54.6 Å². The maximum absolute atomic E-state index is 14.7. The van der Waals surface area contributed by atoms with E-state index in [0.29, 0.717) is 17.7 Å². The van der Waals surface area contributed by atoms with Gasteiger partial charge in [-0.15, -0.1) is 0 Å². The zero-order valence-electron chi connectivity index (χ0n) is 20.8. The number of nitrogens with two attached hydrogens (primary N) is 1. The summed E-state index contributed by atoms with van der Waals surface area (Å²) in [6.07, 6.45) is 3.63. The third-order valence-corrected chi connectivity index (χ3v) is 8.04. The minimum absolute atomic E-state index is 0.00304. The summed E-state index contributed by atoms with van der Waals surface area (Å²) < 4.78 is 20.6. The molecule has 3 heterocycles. The van der Waals surface area contributed by atoms with E-state index < -0.39 is 5.82 Å². The zero-order valence-corrected chi connectivity index (χ0v) is 20.8. The Labute approximate surface area is 216 Å². The Kier molecular flexibility index (Phi) is 5.85. The second-order valence-electron chi connectivity index (χ2n) is 10.3. The van der Waals surface area contributed by atoms with Gasteiger partial charge in [0.05, 0.1) is 17.8 Å². The van der Waals surface area contributed by atoms with Crippen molar-refractivity contribution in [3.63, 3.8) is 0 Å². The highest BCUT2D eigenvalue weighted by Crippen LogP contribution is 2.41. The third-order valence-electron chi connectivity index (χ3n) is 8.04. The van der Waals surface area contributed by atoms with E-state index in [1.54, 1.807) is 6.07 Å². The number of nitrogens with zero attached hydrogens (tertiary/aromatic N) is 3. The lowest BCUT2D eigenvalue weighted by molar-refractivity contribution is 0.0575. The topological polar surface area (TPSA) is 82.6 Å². The van der Waals surface area contributed by atoms with Gasteiger partial charge in [-0.2, -0.15) is 5.26 Å². The van der Waals surface area contributed by atoms with Crippen LogP contribution < -0.4 is 15.4 Å². The van der Waals surface area contributed by atoms with Crippen molar-refractivity contribution < 1.29 is 13.9 Å². The minimum Gasteiger partial charge on any atom is -0.490 e. The summed E-state index contributed by atoms with van der Waals surface area (Å²) in [5.41, 5.74) is 10.9. The molecule has 1 amide bonds. The molecule has 3 aromatic rings. The summed E-state index contributed by atoms with van der Waals surface area (Å²) in [7, 11) is 2.03. The molecule has 0 radical (unpaired) electrons. The molecule has 0 aliphatic carbocycles. The van der Waals surface area contributed by atoms with Gasteiger partial charge in [0.1, 0.15) is 24.2 Å². The number of nitriles is 1. The number of ether oxygens (including phenoxy) is 1. The summed E-state index contributed by atoms with van der Waals surface area (Å²) >= 11 is 0. The summed E-state index contributed by atoms with van der Waals surface area (Å²) in [6, 6.07) is 18.7. The number of carbonyl (C=O) groups excluding carboxylic acids is 1. The Hall–Kier alpha value is -3.89. The Balaban J connectivity index is 1.45. The zero-order chi connectivity index (χ0) is 25.7. The molecule has 0 aromatic heterocycles. The minimum atomic E-state index is -0.582. The van der Waals surface area contributed by atoms with Crippen LogP contribution in [-0.4, -0.2) is 49.1 Å². The highest BCUT2D eigenvalue weighted by atomic mass is 19.1. The molecule has 3 aliphatic rings. The van der Waals surface area contributed by atoms with Crippen molar-refractivity contribution in [1.29, 1.82) is 5.26 Å². The van der Waals surface area contributed by atoms with Crippen molar-refractivity contribution in [3.8, 4) is 34.1 Å². The molecule has 3 aromatic carbocycles. The fourth-order valence-corrected chi connectivity index (χ4v) is 6.17. The van der Waals surface area contributed by atoms with Crippen LogP contribution in [0.4, 0.5) is 10.1 Å². The number of halogens is 1. The number of rotatable bonds is 3. The number of hydrogen-bond acceptors (Lipinski definition) is 5. The van der Waals surface area contributed by atoms with E-state index in [-0.39, 0.29) is 29.6 Å². The number of likely N-dealkylation sites (N-methyl/N-ethyl adjacent to an activating group) is 1. The average Bonchev–Trinajstić information content (AvgIpc) is 3.18. The van der Waals surface area contributed by atoms with Gasteiger partial charge in [0.15, 0.2) is 0 Å². The van der Waals surface area contributed by atoms with Crippen LogP contribution in [0.2, 0.25) is 0 Å². The fraction of sp³-hybridized carbons (Fsp3) is 0.333. The first-order valence-electron chi connectivity index (χ1n) is 12.8. The average molecular weight is 497 g/mol. The highest BCUT2D eigenvalue weighted by molar-refractivity contribution is 5.98. The first-order chi connectivity index (χ1) is 17.9. The molecule has 2 saturated heterocycles. The van der Waals surface area contributed by atoms with Crippen molar-refractivity contribution in [1.82, 2.24) is 4.90 Å². The number of carbonyl (C=O) groups is 1. The van der Waals surface area contributed by atoms with Crippen LogP contribution in [0.3, 0.4) is 0 Å². The van der Waals surface area contributed by atoms with Gasteiger partial charge >= 0.3 is 0 Å². The summed E-state index contributed by atoms with van der Waals surface area (Å²) in [5.74, 6) is 0.211. The van der Waals surface area contributed by atoms with E-state index in [1.807, 2.05) is 54.4 Å². The number of piperidine rings is 1. The number of amides is 1. The van der Waals surface area contributed by atoms with Crippen molar-refractivity contribution in [2.24, 2.45) is 5.73 Å². The molecule has 188 valence electrons. The number of hydrogen-bond donors (Lipinski definition) is 1. The van der Waals surface area contributed by atoms with Gasteiger partial charge in [-0.25, -0.2) is 4.39 Å². The largest absolute Gasteiger partial charge is 0.490 e. The van der Waals surface area contributed by atoms with Gasteiger partial charge in [-0.3, -0.25) is 4.79 Å². The van der Waals surface area contributed by atoms with Gasteiger partial charge in [-0.1, -0.05) is 18.2 Å². The van der Waals surface area contributed by atoms with Gasteiger partial charge in [0.2, 0.25) is 0 Å². The lowest BCUT2D eigenvalue weighted by Crippen LogP contribution is -2.50. The van der Waals surface area contributed by atoms with Crippen molar-refractivity contribution >= 4 is 11.6 Å². The maximum Gasteiger partial charge on any atom is 0.254 e. The van der Waals surface area contributed by atoms with Crippen LogP contribution in [0.5, 0.6) is 5.75 Å². The quantitative estimate of drug-likeness (QED) is 0.555. The molecule has 37 heavy (non-hydrogen) atoms. The predicted octanol–water partition coefficient (Wildman–Crippen LogP) is 4.95. The van der Waals surface area contributed by atoms with Crippen molar-refractivity contribution in [2.45, 2.75) is 43.8 Å². The molecule has 0 saturated carbocycles. The first-order valence-corrected chi connectivity index (χ1v) is 12.8. The van der Waals surface area contributed by atoms with E-state index in [2.05, 4.69) is 4.90 Å². The maximum atomic E-state index is 14.7. The molecule has 6 rings (SSSR count). The predicted molar refractivity (Wildman–Crippen MR) is 141 cm³/mol. The molecule has 2 fully saturated rings. The second-order valence-corrected chi connectivity index (χ2v) is 10.3. The summed E-state index contributed by atoms with van der Waals surface area (Å²) in [6.45, 7) is 1.43. The Morgan fingerprint density at radius 1 is 1.03 bits per heavy atom. The van der Waals surface area contributed by atoms with Gasteiger partial charge in [0.25, 0.3) is 5.91 Å². The van der Waals surface area contributed by atoms with E-state index >= 15 is 0 Å². The van der Waals surface area contributed by atoms with Crippen LogP contribution in [0.1, 0.15) is 41.6 Å². The highest BCUT2D eigenvalue weighted by Gasteiger charge is 2.42. The second kappa shape index (κ2) is 9.20. The smallest absolute Gasteiger partial charge is 0.254 e. The van der Waals surface area contributed by atoms with Gasteiger partial charge in [0, 0.05) is 30.7 Å². The molecular formula is C30H29FN4O2. The number of anilines is 1. The van der Waals surface area contributed by atoms with E-state index in [1.165, 1.54) is 12.1 Å². The summed E-state index contributed by atoms with van der Waals surface area (Å²) in [5, 5.41) is 9.21. The van der Waals surface area contributed by atoms with E-state index in [0.717, 1.165) is 60.4 Å². The Morgan fingerprint density at radius 3 is 2.49 bits per heavy atom. The van der Waals surface area contributed by atoms with E-state index in [4.69, 9.17) is 10.5 Å². The van der Waals surface area contributed by atoms with E-state index in [9.17, 15) is 14.4 Å². The molecular weight excluding hydrogens is 467 g/mol. The van der Waals surface area contributed by atoms with Crippen molar-refractivity contribution in [2.75, 3.05) is 25.1 Å². The molecule has 2 bridgehead atoms. The molecule has 2 unspecified atom stereocenters. The normalized spacial score (nSPS) is 22.3. The number of fused-ring (bicyclic) bond motifs is 3.